The summed E-state index contributed by atoms with van der Waals surface area (Å²) in [5.74, 6) is -0.247. The summed E-state index contributed by atoms with van der Waals surface area (Å²) in [4.78, 5) is 12.2. The van der Waals surface area contributed by atoms with E-state index >= 15 is 0 Å². The highest BCUT2D eigenvalue weighted by atomic mass is 16.2. The van der Waals surface area contributed by atoms with Crippen molar-refractivity contribution in [3.63, 3.8) is 0 Å². The van der Waals surface area contributed by atoms with E-state index in [1.54, 1.807) is 17.8 Å². The highest BCUT2D eigenvalue weighted by molar-refractivity contribution is 5.85. The van der Waals surface area contributed by atoms with Crippen molar-refractivity contribution >= 4 is 23.2 Å². The van der Waals surface area contributed by atoms with E-state index < -0.39 is 6.04 Å². The summed E-state index contributed by atoms with van der Waals surface area (Å²) in [6, 6.07) is 16.6. The molecule has 0 bridgehead atoms. The molecule has 1 heterocycles. The van der Waals surface area contributed by atoms with Crippen molar-refractivity contribution in [2.75, 3.05) is 0 Å². The van der Waals surface area contributed by atoms with E-state index in [9.17, 15) is 4.79 Å². The molecule has 110 valence electrons. The van der Waals surface area contributed by atoms with Crippen molar-refractivity contribution < 1.29 is 4.79 Å². The Morgan fingerprint density at radius 1 is 1.18 bits per heavy atom. The number of fused-ring (bicyclic) bond motifs is 1. The Hall–Kier alpha value is -3.02. The summed E-state index contributed by atoms with van der Waals surface area (Å²) < 4.78 is 1.59. The summed E-state index contributed by atoms with van der Waals surface area (Å²) >= 11 is 0. The first-order chi connectivity index (χ1) is 10.8. The zero-order chi connectivity index (χ0) is 15.4. The van der Waals surface area contributed by atoms with Gasteiger partial charge in [-0.3, -0.25) is 4.79 Å². The average Bonchev–Trinajstić information content (AvgIpc) is 2.99. The molecule has 6 nitrogen and oxygen atoms in total. The number of carbonyl (C=O) groups excluding carboxylic acids is 1. The van der Waals surface area contributed by atoms with Gasteiger partial charge in [-0.05, 0) is 24.6 Å². The fraction of sp³-hybridized carbons (Fsp3) is 0.125. The standard InChI is InChI=1S/C16H15N5O/c1-12(21-15-10-6-5-9-14(15)18-20-21)16(22)19-17-11-13-7-3-2-4-8-13/h2-12H,1H3,(H,19,22)/b17-11+. The van der Waals surface area contributed by atoms with Gasteiger partial charge >= 0.3 is 0 Å². The van der Waals surface area contributed by atoms with Gasteiger partial charge in [0.2, 0.25) is 0 Å². The second kappa shape index (κ2) is 6.17. The molecule has 1 aromatic heterocycles. The number of para-hydroxylation sites is 1. The Labute approximate surface area is 127 Å². The normalized spacial score (nSPS) is 12.6. The van der Waals surface area contributed by atoms with Gasteiger partial charge in [-0.15, -0.1) is 5.10 Å². The van der Waals surface area contributed by atoms with Crippen LogP contribution >= 0.6 is 0 Å². The third-order valence-electron chi connectivity index (χ3n) is 3.31. The van der Waals surface area contributed by atoms with Crippen molar-refractivity contribution in [3.8, 4) is 0 Å². The summed E-state index contributed by atoms with van der Waals surface area (Å²) in [6.45, 7) is 1.76. The van der Waals surface area contributed by atoms with Crippen molar-refractivity contribution in [2.24, 2.45) is 5.10 Å². The van der Waals surface area contributed by atoms with Gasteiger partial charge in [0.05, 0.1) is 11.7 Å². The summed E-state index contributed by atoms with van der Waals surface area (Å²) in [7, 11) is 0. The van der Waals surface area contributed by atoms with Gasteiger partial charge in [0, 0.05) is 0 Å². The molecule has 0 aliphatic heterocycles. The molecule has 1 amide bonds. The van der Waals surface area contributed by atoms with E-state index in [0.717, 1.165) is 16.6 Å². The van der Waals surface area contributed by atoms with Crippen molar-refractivity contribution in [1.82, 2.24) is 20.4 Å². The van der Waals surface area contributed by atoms with Crippen LogP contribution in [0.3, 0.4) is 0 Å². The lowest BCUT2D eigenvalue weighted by Gasteiger charge is -2.10. The van der Waals surface area contributed by atoms with Crippen LogP contribution < -0.4 is 5.43 Å². The molecule has 1 atom stereocenters. The second-order valence-electron chi connectivity index (χ2n) is 4.84. The highest BCUT2D eigenvalue weighted by Gasteiger charge is 2.17. The van der Waals surface area contributed by atoms with Crippen LogP contribution in [0.1, 0.15) is 18.5 Å². The number of nitrogens with zero attached hydrogens (tertiary/aromatic N) is 4. The second-order valence-corrected chi connectivity index (χ2v) is 4.84. The van der Waals surface area contributed by atoms with Crippen LogP contribution in [0.4, 0.5) is 0 Å². The maximum Gasteiger partial charge on any atom is 0.264 e. The number of aromatic nitrogens is 3. The number of hydrazone groups is 1. The van der Waals surface area contributed by atoms with Crippen molar-refractivity contribution in [3.05, 3.63) is 60.2 Å². The molecule has 0 spiro atoms. The van der Waals surface area contributed by atoms with Crippen LogP contribution in [0.15, 0.2) is 59.7 Å². The fourth-order valence-electron chi connectivity index (χ4n) is 2.09. The van der Waals surface area contributed by atoms with E-state index in [-0.39, 0.29) is 5.91 Å². The number of hydrogen-bond donors (Lipinski definition) is 1. The molecule has 3 aromatic rings. The molecular weight excluding hydrogens is 278 g/mol. The maximum atomic E-state index is 12.2. The quantitative estimate of drug-likeness (QED) is 0.591. The molecule has 0 radical (unpaired) electrons. The first-order valence-corrected chi connectivity index (χ1v) is 6.93. The Kier molecular flexibility index (Phi) is 3.91. The van der Waals surface area contributed by atoms with Gasteiger partial charge in [-0.25, -0.2) is 10.1 Å². The number of hydrogen-bond acceptors (Lipinski definition) is 4. The van der Waals surface area contributed by atoms with Gasteiger partial charge in [0.1, 0.15) is 11.6 Å². The van der Waals surface area contributed by atoms with E-state index in [2.05, 4.69) is 20.8 Å². The van der Waals surface area contributed by atoms with Gasteiger partial charge in [0.25, 0.3) is 5.91 Å². The number of carbonyl (C=O) groups is 1. The smallest absolute Gasteiger partial charge is 0.264 e. The van der Waals surface area contributed by atoms with E-state index in [0.29, 0.717) is 0 Å². The average molecular weight is 293 g/mol. The first kappa shape index (κ1) is 13.9. The molecule has 0 aliphatic carbocycles. The molecule has 0 saturated carbocycles. The highest BCUT2D eigenvalue weighted by Crippen LogP contribution is 2.15. The zero-order valence-electron chi connectivity index (χ0n) is 12.0. The molecule has 1 N–H and O–H groups in total. The minimum absolute atomic E-state index is 0.247. The molecule has 0 fully saturated rings. The fourth-order valence-corrected chi connectivity index (χ4v) is 2.09. The number of nitrogens with one attached hydrogen (secondary N) is 1. The number of rotatable bonds is 4. The SMILES string of the molecule is CC(C(=O)N/N=C/c1ccccc1)n1nnc2ccccc21. The van der Waals surface area contributed by atoms with Crippen LogP contribution in [0.2, 0.25) is 0 Å². The topological polar surface area (TPSA) is 72.2 Å². The van der Waals surface area contributed by atoms with Crippen molar-refractivity contribution in [1.29, 1.82) is 0 Å². The summed E-state index contributed by atoms with van der Waals surface area (Å²) in [6.07, 6.45) is 1.60. The zero-order valence-corrected chi connectivity index (χ0v) is 12.0. The lowest BCUT2D eigenvalue weighted by atomic mass is 10.2. The molecule has 22 heavy (non-hydrogen) atoms. The van der Waals surface area contributed by atoms with Crippen LogP contribution in [-0.4, -0.2) is 27.1 Å². The molecular formula is C16H15N5O. The maximum absolute atomic E-state index is 12.2. The monoisotopic (exact) mass is 293 g/mol. The predicted octanol–water partition coefficient (Wildman–Crippen LogP) is 2.14. The predicted molar refractivity (Wildman–Crippen MR) is 84.4 cm³/mol. The van der Waals surface area contributed by atoms with E-state index in [1.165, 1.54) is 0 Å². The van der Waals surface area contributed by atoms with Gasteiger partial charge in [-0.2, -0.15) is 5.10 Å². The first-order valence-electron chi connectivity index (χ1n) is 6.93. The van der Waals surface area contributed by atoms with Crippen molar-refractivity contribution in [2.45, 2.75) is 13.0 Å². The molecule has 0 aliphatic rings. The molecule has 2 aromatic carbocycles. The van der Waals surface area contributed by atoms with Gasteiger partial charge in [0.15, 0.2) is 0 Å². The molecule has 3 rings (SSSR count). The van der Waals surface area contributed by atoms with Crippen LogP contribution in [-0.2, 0) is 4.79 Å². The van der Waals surface area contributed by atoms with E-state index in [4.69, 9.17) is 0 Å². The lowest BCUT2D eigenvalue weighted by Crippen LogP contribution is -2.28. The molecule has 0 saturated heterocycles. The van der Waals surface area contributed by atoms with E-state index in [1.807, 2.05) is 54.6 Å². The minimum atomic E-state index is -0.500. The minimum Gasteiger partial charge on any atom is -0.271 e. The van der Waals surface area contributed by atoms with Crippen LogP contribution in [0.5, 0.6) is 0 Å². The van der Waals surface area contributed by atoms with Gasteiger partial charge < -0.3 is 0 Å². The Bertz CT molecular complexity index is 810. The van der Waals surface area contributed by atoms with Crippen LogP contribution in [0.25, 0.3) is 11.0 Å². The third kappa shape index (κ3) is 2.85. The third-order valence-corrected chi connectivity index (χ3v) is 3.31. The lowest BCUT2D eigenvalue weighted by molar-refractivity contribution is -0.124. The van der Waals surface area contributed by atoms with Gasteiger partial charge in [-0.1, -0.05) is 47.7 Å². The Morgan fingerprint density at radius 3 is 2.73 bits per heavy atom. The largest absolute Gasteiger partial charge is 0.271 e. The van der Waals surface area contributed by atoms with Crippen LogP contribution in [0, 0.1) is 0 Å². The summed E-state index contributed by atoms with van der Waals surface area (Å²) in [5, 5.41) is 12.0. The molecule has 1 unspecified atom stereocenters. The number of amides is 1. The number of benzene rings is 2. The molecule has 6 heteroatoms. The Morgan fingerprint density at radius 2 is 1.91 bits per heavy atom. The summed E-state index contributed by atoms with van der Waals surface area (Å²) in [5.41, 5.74) is 5.02. The Balaban J connectivity index is 1.71.